The van der Waals surface area contributed by atoms with Gasteiger partial charge in [-0.05, 0) is 67.3 Å². The number of ether oxygens (including phenoxy) is 1. The maximum atomic E-state index is 14.8. The van der Waals surface area contributed by atoms with Gasteiger partial charge in [0.15, 0.2) is 5.83 Å². The van der Waals surface area contributed by atoms with Crippen LogP contribution in [0, 0.1) is 24.2 Å². The minimum atomic E-state index is -4.78. The number of halogens is 4. The first-order chi connectivity index (χ1) is 16.7. The van der Waals surface area contributed by atoms with Crippen LogP contribution in [-0.4, -0.2) is 29.2 Å². The average molecular weight is 484 g/mol. The maximum absolute atomic E-state index is 14.8. The molecule has 2 aromatic carbocycles. The molecule has 0 aliphatic carbocycles. The molecule has 0 spiro atoms. The van der Waals surface area contributed by atoms with Gasteiger partial charge in [0.05, 0.1) is 12.6 Å². The number of rotatable bonds is 6. The molecule has 0 N–H and O–H groups in total. The molecule has 5 nitrogen and oxygen atoms in total. The predicted molar refractivity (Wildman–Crippen MR) is 125 cm³/mol. The van der Waals surface area contributed by atoms with Crippen LogP contribution in [0.5, 0.6) is 5.75 Å². The Morgan fingerprint density at radius 2 is 1.86 bits per heavy atom. The van der Waals surface area contributed by atoms with E-state index in [0.717, 1.165) is 55.0 Å². The van der Waals surface area contributed by atoms with Crippen LogP contribution >= 0.6 is 0 Å². The van der Waals surface area contributed by atoms with Crippen LogP contribution in [0.1, 0.15) is 35.4 Å². The van der Waals surface area contributed by atoms with Gasteiger partial charge in [-0.25, -0.2) is 4.39 Å². The van der Waals surface area contributed by atoms with Crippen LogP contribution in [0.4, 0.5) is 23.2 Å². The van der Waals surface area contributed by atoms with Gasteiger partial charge in [-0.1, -0.05) is 24.3 Å². The topological polar surface area (TPSA) is 54.1 Å². The third kappa shape index (κ3) is 6.41. The van der Waals surface area contributed by atoms with Gasteiger partial charge in [-0.15, -0.1) is 13.2 Å². The quantitative estimate of drug-likeness (QED) is 0.383. The molecule has 1 aliphatic heterocycles. The molecule has 2 heterocycles. The lowest BCUT2D eigenvalue weighted by Gasteiger charge is -2.31. The van der Waals surface area contributed by atoms with Crippen LogP contribution in [0.15, 0.2) is 54.6 Å². The molecule has 0 amide bonds. The molecule has 4 rings (SSSR count). The Kier molecular flexibility index (Phi) is 7.10. The molecule has 9 heteroatoms. The number of hydrogen-bond acceptors (Lipinski definition) is 4. The Bertz CT molecular complexity index is 1230. The van der Waals surface area contributed by atoms with Gasteiger partial charge in [0.25, 0.3) is 0 Å². The van der Waals surface area contributed by atoms with Crippen molar-refractivity contribution in [2.45, 2.75) is 32.7 Å². The number of anilines is 1. The summed E-state index contributed by atoms with van der Waals surface area (Å²) in [4.78, 5) is 2.27. The number of piperidine rings is 1. The number of aryl methyl sites for hydroxylation is 1. The summed E-state index contributed by atoms with van der Waals surface area (Å²) in [6.45, 7) is 3.98. The summed E-state index contributed by atoms with van der Waals surface area (Å²) in [5, 5.41) is 13.5. The van der Waals surface area contributed by atoms with Crippen LogP contribution in [-0.2, 0) is 6.54 Å². The summed E-state index contributed by atoms with van der Waals surface area (Å²) >= 11 is 0. The zero-order chi connectivity index (χ0) is 25.0. The third-order valence-corrected chi connectivity index (χ3v) is 5.92. The van der Waals surface area contributed by atoms with E-state index in [4.69, 9.17) is 5.26 Å². The van der Waals surface area contributed by atoms with Gasteiger partial charge in [0.1, 0.15) is 11.4 Å². The van der Waals surface area contributed by atoms with E-state index in [1.165, 1.54) is 18.2 Å². The second kappa shape index (κ2) is 10.2. The monoisotopic (exact) mass is 484 g/mol. The zero-order valence-electron chi connectivity index (χ0n) is 19.1. The van der Waals surface area contributed by atoms with Crippen LogP contribution < -0.4 is 9.64 Å². The van der Waals surface area contributed by atoms with Gasteiger partial charge in [-0.3, -0.25) is 4.68 Å². The SMILES string of the molecule is Cc1cc(/C(F)=C/c2ccc(OC(F)(F)F)cc2)nn1Cc1cccc(N2CCC(C#N)CC2)c1. The van der Waals surface area contributed by atoms with E-state index in [2.05, 4.69) is 26.9 Å². The van der Waals surface area contributed by atoms with E-state index in [1.54, 1.807) is 10.7 Å². The van der Waals surface area contributed by atoms with Crippen molar-refractivity contribution in [2.24, 2.45) is 5.92 Å². The lowest BCUT2D eigenvalue weighted by Crippen LogP contribution is -2.33. The van der Waals surface area contributed by atoms with Crippen LogP contribution in [0.3, 0.4) is 0 Å². The molecule has 0 unspecified atom stereocenters. The lowest BCUT2D eigenvalue weighted by atomic mass is 9.98. The first-order valence-electron chi connectivity index (χ1n) is 11.2. The zero-order valence-corrected chi connectivity index (χ0v) is 19.1. The van der Waals surface area contributed by atoms with Crippen molar-refractivity contribution in [3.05, 3.63) is 77.1 Å². The van der Waals surface area contributed by atoms with Crippen molar-refractivity contribution in [3.63, 3.8) is 0 Å². The summed E-state index contributed by atoms with van der Waals surface area (Å²) in [7, 11) is 0. The van der Waals surface area contributed by atoms with E-state index in [1.807, 2.05) is 25.1 Å². The van der Waals surface area contributed by atoms with E-state index >= 15 is 0 Å². The second-order valence-corrected chi connectivity index (χ2v) is 8.50. The van der Waals surface area contributed by atoms with Crippen molar-refractivity contribution in [2.75, 3.05) is 18.0 Å². The highest BCUT2D eigenvalue weighted by atomic mass is 19.4. The highest BCUT2D eigenvalue weighted by Crippen LogP contribution is 2.26. The number of hydrogen-bond donors (Lipinski definition) is 0. The maximum Gasteiger partial charge on any atom is 0.573 e. The molecule has 3 aromatic rings. The molecule has 1 aromatic heterocycles. The third-order valence-electron chi connectivity index (χ3n) is 5.92. The average Bonchev–Trinajstić information content (AvgIpc) is 3.20. The Morgan fingerprint density at radius 1 is 1.14 bits per heavy atom. The largest absolute Gasteiger partial charge is 0.573 e. The number of nitriles is 1. The first-order valence-corrected chi connectivity index (χ1v) is 11.2. The predicted octanol–water partition coefficient (Wildman–Crippen LogP) is 6.35. The van der Waals surface area contributed by atoms with E-state index < -0.39 is 12.2 Å². The molecule has 182 valence electrons. The molecule has 0 saturated carbocycles. The molecule has 0 atom stereocenters. The van der Waals surface area contributed by atoms with Gasteiger partial charge >= 0.3 is 6.36 Å². The molecule has 1 saturated heterocycles. The van der Waals surface area contributed by atoms with Gasteiger partial charge < -0.3 is 9.64 Å². The number of benzene rings is 2. The summed E-state index contributed by atoms with van der Waals surface area (Å²) in [5.74, 6) is -0.842. The van der Waals surface area contributed by atoms with E-state index in [0.29, 0.717) is 12.1 Å². The number of aromatic nitrogens is 2. The molecular weight excluding hydrogens is 460 g/mol. The van der Waals surface area contributed by atoms with Crippen molar-refractivity contribution in [3.8, 4) is 11.8 Å². The Morgan fingerprint density at radius 3 is 2.51 bits per heavy atom. The van der Waals surface area contributed by atoms with Crippen molar-refractivity contribution in [1.82, 2.24) is 9.78 Å². The number of nitrogens with zero attached hydrogens (tertiary/aromatic N) is 4. The summed E-state index contributed by atoms with van der Waals surface area (Å²) in [6, 6.07) is 17.0. The fraction of sp³-hybridized carbons (Fsp3) is 0.308. The fourth-order valence-corrected chi connectivity index (χ4v) is 4.06. The molecule has 35 heavy (non-hydrogen) atoms. The van der Waals surface area contributed by atoms with E-state index in [9.17, 15) is 17.6 Å². The van der Waals surface area contributed by atoms with Crippen LogP contribution in [0.25, 0.3) is 11.9 Å². The van der Waals surface area contributed by atoms with Gasteiger partial charge in [-0.2, -0.15) is 10.4 Å². The molecule has 0 radical (unpaired) electrons. The Labute approximate surface area is 200 Å². The molecule has 1 fully saturated rings. The van der Waals surface area contributed by atoms with Gasteiger partial charge in [0.2, 0.25) is 0 Å². The van der Waals surface area contributed by atoms with E-state index in [-0.39, 0.29) is 17.4 Å². The van der Waals surface area contributed by atoms with Crippen molar-refractivity contribution in [1.29, 1.82) is 5.26 Å². The normalized spacial score (nSPS) is 15.2. The standard InChI is InChI=1S/C26H24F4N4O/c1-18-13-25(24(27)15-19-5-7-23(8-6-19)35-26(28,29)30)32-34(18)17-21-3-2-4-22(14-21)33-11-9-20(16-31)10-12-33/h2-8,13-15,20H,9-12,17H2,1H3/b24-15-. The summed E-state index contributed by atoms with van der Waals surface area (Å²) in [6.07, 6.45) is -1.85. The van der Waals surface area contributed by atoms with Crippen molar-refractivity contribution >= 4 is 17.6 Å². The Hall–Kier alpha value is -3.80. The number of alkyl halides is 3. The van der Waals surface area contributed by atoms with Crippen LogP contribution in [0.2, 0.25) is 0 Å². The Balaban J connectivity index is 1.45. The summed E-state index contributed by atoms with van der Waals surface area (Å²) < 4.78 is 57.3. The molecule has 1 aliphatic rings. The van der Waals surface area contributed by atoms with Gasteiger partial charge in [0, 0.05) is 30.4 Å². The molecule has 0 bridgehead atoms. The smallest absolute Gasteiger partial charge is 0.406 e. The minimum Gasteiger partial charge on any atom is -0.406 e. The lowest BCUT2D eigenvalue weighted by molar-refractivity contribution is -0.274. The minimum absolute atomic E-state index is 0.119. The second-order valence-electron chi connectivity index (χ2n) is 8.50. The highest BCUT2D eigenvalue weighted by Gasteiger charge is 2.31. The molecular formula is C26H24F4N4O. The summed E-state index contributed by atoms with van der Waals surface area (Å²) in [5.41, 5.74) is 3.42. The first kappa shape index (κ1) is 24.3. The van der Waals surface area contributed by atoms with Crippen molar-refractivity contribution < 1.29 is 22.3 Å². The highest BCUT2D eigenvalue weighted by molar-refractivity contribution is 5.75. The fourth-order valence-electron chi connectivity index (χ4n) is 4.06.